The lowest BCUT2D eigenvalue weighted by Crippen LogP contribution is -2.24. The van der Waals surface area contributed by atoms with E-state index in [-0.39, 0.29) is 5.91 Å². The van der Waals surface area contributed by atoms with Crippen LogP contribution in [0.3, 0.4) is 0 Å². The summed E-state index contributed by atoms with van der Waals surface area (Å²) in [6.45, 7) is 6.02. The van der Waals surface area contributed by atoms with Crippen LogP contribution in [-0.4, -0.2) is 12.5 Å². The summed E-state index contributed by atoms with van der Waals surface area (Å²) in [7, 11) is 0. The minimum Gasteiger partial charge on any atom is -0.326 e. The zero-order chi connectivity index (χ0) is 15.5. The summed E-state index contributed by atoms with van der Waals surface area (Å²) < 4.78 is 0. The molecule has 0 saturated heterocycles. The largest absolute Gasteiger partial charge is 0.326 e. The second-order valence-corrected chi connectivity index (χ2v) is 6.07. The minimum absolute atomic E-state index is 0.0393. The number of benzene rings is 2. The Morgan fingerprint density at radius 2 is 2.00 bits per heavy atom. The first kappa shape index (κ1) is 14.8. The lowest BCUT2D eigenvalue weighted by Gasteiger charge is -2.18. The van der Waals surface area contributed by atoms with Crippen LogP contribution in [0.25, 0.3) is 0 Å². The zero-order valence-electron chi connectivity index (χ0n) is 13.2. The van der Waals surface area contributed by atoms with Gasteiger partial charge in [0.05, 0.1) is 6.42 Å². The standard InChI is InChI=1S/C19H22N2O/c1-13-3-4-14(2)16(9-13)11-19(22)21-18-6-5-15-7-8-20-12-17(15)10-18/h3-6,9-10,20H,7-8,11-12H2,1-2H3,(H,21,22). The molecule has 1 aliphatic rings. The minimum atomic E-state index is 0.0393. The van der Waals surface area contributed by atoms with Gasteiger partial charge in [0, 0.05) is 12.2 Å². The second kappa shape index (κ2) is 6.32. The van der Waals surface area contributed by atoms with Gasteiger partial charge in [0.1, 0.15) is 0 Å². The summed E-state index contributed by atoms with van der Waals surface area (Å²) in [5.74, 6) is 0.0393. The van der Waals surface area contributed by atoms with E-state index in [1.54, 1.807) is 0 Å². The van der Waals surface area contributed by atoms with Gasteiger partial charge in [-0.3, -0.25) is 4.79 Å². The first-order valence-corrected chi connectivity index (χ1v) is 7.80. The molecule has 0 unspecified atom stereocenters. The van der Waals surface area contributed by atoms with E-state index in [2.05, 4.69) is 47.9 Å². The molecule has 1 heterocycles. The van der Waals surface area contributed by atoms with E-state index >= 15 is 0 Å². The number of carbonyl (C=O) groups is 1. The van der Waals surface area contributed by atoms with Crippen LogP contribution < -0.4 is 10.6 Å². The Labute approximate surface area is 131 Å². The summed E-state index contributed by atoms with van der Waals surface area (Å²) >= 11 is 0. The molecule has 1 aliphatic heterocycles. The third-order valence-corrected chi connectivity index (χ3v) is 4.23. The molecule has 0 saturated carbocycles. The van der Waals surface area contributed by atoms with Gasteiger partial charge < -0.3 is 10.6 Å². The summed E-state index contributed by atoms with van der Waals surface area (Å²) in [4.78, 5) is 12.3. The zero-order valence-corrected chi connectivity index (χ0v) is 13.2. The van der Waals surface area contributed by atoms with Crippen molar-refractivity contribution >= 4 is 11.6 Å². The van der Waals surface area contributed by atoms with Gasteiger partial charge in [0.15, 0.2) is 0 Å². The predicted octanol–water partition coefficient (Wildman–Crippen LogP) is 3.13. The smallest absolute Gasteiger partial charge is 0.228 e. The Balaban J connectivity index is 1.70. The fourth-order valence-electron chi connectivity index (χ4n) is 2.93. The molecule has 114 valence electrons. The molecule has 0 bridgehead atoms. The summed E-state index contributed by atoms with van der Waals surface area (Å²) in [6, 6.07) is 12.5. The molecule has 2 N–H and O–H groups in total. The lowest BCUT2D eigenvalue weighted by atomic mass is 10.00. The van der Waals surface area contributed by atoms with E-state index in [9.17, 15) is 4.79 Å². The van der Waals surface area contributed by atoms with E-state index in [1.165, 1.54) is 16.7 Å². The van der Waals surface area contributed by atoms with Crippen molar-refractivity contribution in [1.82, 2.24) is 5.32 Å². The molecule has 1 amide bonds. The topological polar surface area (TPSA) is 41.1 Å². The first-order valence-electron chi connectivity index (χ1n) is 7.80. The molecule has 2 aromatic carbocycles. The van der Waals surface area contributed by atoms with Crippen LogP contribution in [0, 0.1) is 13.8 Å². The van der Waals surface area contributed by atoms with Crippen molar-refractivity contribution in [2.75, 3.05) is 11.9 Å². The van der Waals surface area contributed by atoms with Crippen LogP contribution in [0.15, 0.2) is 36.4 Å². The monoisotopic (exact) mass is 294 g/mol. The van der Waals surface area contributed by atoms with Crippen molar-refractivity contribution in [2.45, 2.75) is 33.2 Å². The number of rotatable bonds is 3. The Bertz CT molecular complexity index is 707. The van der Waals surface area contributed by atoms with Gasteiger partial charge >= 0.3 is 0 Å². The number of fused-ring (bicyclic) bond motifs is 1. The highest BCUT2D eigenvalue weighted by Crippen LogP contribution is 2.19. The molecule has 3 heteroatoms. The molecule has 0 aromatic heterocycles. The Kier molecular flexibility index (Phi) is 4.25. The van der Waals surface area contributed by atoms with Crippen molar-refractivity contribution < 1.29 is 4.79 Å². The van der Waals surface area contributed by atoms with Crippen LogP contribution in [0.4, 0.5) is 5.69 Å². The quantitative estimate of drug-likeness (QED) is 0.913. The third-order valence-electron chi connectivity index (χ3n) is 4.23. The van der Waals surface area contributed by atoms with Crippen LogP contribution >= 0.6 is 0 Å². The van der Waals surface area contributed by atoms with Crippen molar-refractivity contribution in [2.24, 2.45) is 0 Å². The lowest BCUT2D eigenvalue weighted by molar-refractivity contribution is -0.115. The van der Waals surface area contributed by atoms with Crippen molar-refractivity contribution in [3.63, 3.8) is 0 Å². The number of hydrogen-bond acceptors (Lipinski definition) is 2. The summed E-state index contributed by atoms with van der Waals surface area (Å²) in [5, 5.41) is 6.38. The Morgan fingerprint density at radius 3 is 2.86 bits per heavy atom. The highest BCUT2D eigenvalue weighted by atomic mass is 16.1. The van der Waals surface area contributed by atoms with Gasteiger partial charge in [0.25, 0.3) is 0 Å². The van der Waals surface area contributed by atoms with E-state index in [0.29, 0.717) is 6.42 Å². The van der Waals surface area contributed by atoms with E-state index < -0.39 is 0 Å². The highest BCUT2D eigenvalue weighted by molar-refractivity contribution is 5.92. The average Bonchev–Trinajstić information content (AvgIpc) is 2.51. The highest BCUT2D eigenvalue weighted by Gasteiger charge is 2.11. The average molecular weight is 294 g/mol. The molecule has 0 spiro atoms. The molecule has 0 aliphatic carbocycles. The van der Waals surface area contributed by atoms with Crippen LogP contribution in [-0.2, 0) is 24.2 Å². The second-order valence-electron chi connectivity index (χ2n) is 6.07. The van der Waals surface area contributed by atoms with Gasteiger partial charge in [-0.1, -0.05) is 29.8 Å². The predicted molar refractivity (Wildman–Crippen MR) is 90.1 cm³/mol. The number of amides is 1. The molecule has 3 rings (SSSR count). The van der Waals surface area contributed by atoms with E-state index in [1.807, 2.05) is 13.0 Å². The fourth-order valence-corrected chi connectivity index (χ4v) is 2.93. The van der Waals surface area contributed by atoms with Crippen molar-refractivity contribution in [3.8, 4) is 0 Å². The molecule has 0 atom stereocenters. The van der Waals surface area contributed by atoms with Gasteiger partial charge in [-0.25, -0.2) is 0 Å². The number of carbonyl (C=O) groups excluding carboxylic acids is 1. The molecule has 3 nitrogen and oxygen atoms in total. The molecular formula is C19H22N2O. The van der Waals surface area contributed by atoms with E-state index in [4.69, 9.17) is 0 Å². The van der Waals surface area contributed by atoms with Gasteiger partial charge in [0.2, 0.25) is 5.91 Å². The number of hydrogen-bond donors (Lipinski definition) is 2. The fraction of sp³-hybridized carbons (Fsp3) is 0.316. The Morgan fingerprint density at radius 1 is 1.14 bits per heavy atom. The third kappa shape index (κ3) is 3.37. The van der Waals surface area contributed by atoms with Crippen LogP contribution in [0.1, 0.15) is 27.8 Å². The SMILES string of the molecule is Cc1ccc(C)c(CC(=O)Nc2ccc3c(c2)CNCC3)c1. The number of nitrogens with one attached hydrogen (secondary N) is 2. The number of aryl methyl sites for hydroxylation is 2. The Hall–Kier alpha value is -2.13. The van der Waals surface area contributed by atoms with Crippen molar-refractivity contribution in [1.29, 1.82) is 0 Å². The first-order chi connectivity index (χ1) is 10.6. The molecule has 2 aromatic rings. The molecular weight excluding hydrogens is 272 g/mol. The van der Waals surface area contributed by atoms with Gasteiger partial charge in [-0.05, 0) is 61.2 Å². The van der Waals surface area contributed by atoms with Crippen LogP contribution in [0.2, 0.25) is 0 Å². The maximum atomic E-state index is 12.3. The maximum Gasteiger partial charge on any atom is 0.228 e. The molecule has 0 radical (unpaired) electrons. The molecule has 22 heavy (non-hydrogen) atoms. The summed E-state index contributed by atoms with van der Waals surface area (Å²) in [5.41, 5.74) is 7.00. The normalized spacial score (nSPS) is 13.5. The maximum absolute atomic E-state index is 12.3. The van der Waals surface area contributed by atoms with E-state index in [0.717, 1.165) is 36.3 Å². The summed E-state index contributed by atoms with van der Waals surface area (Å²) in [6.07, 6.45) is 1.48. The molecule has 0 fully saturated rings. The van der Waals surface area contributed by atoms with Gasteiger partial charge in [-0.2, -0.15) is 0 Å². The van der Waals surface area contributed by atoms with Crippen molar-refractivity contribution in [3.05, 3.63) is 64.2 Å². The number of anilines is 1. The van der Waals surface area contributed by atoms with Crippen LogP contribution in [0.5, 0.6) is 0 Å². The van der Waals surface area contributed by atoms with Gasteiger partial charge in [-0.15, -0.1) is 0 Å².